The van der Waals surface area contributed by atoms with Gasteiger partial charge in [-0.2, -0.15) is 0 Å². The van der Waals surface area contributed by atoms with Crippen molar-refractivity contribution in [1.82, 2.24) is 10.6 Å². The average molecular weight is 292 g/mol. The lowest BCUT2D eigenvalue weighted by Crippen LogP contribution is -2.39. The Morgan fingerprint density at radius 3 is 2.24 bits per heavy atom. The molecule has 0 aliphatic rings. The van der Waals surface area contributed by atoms with E-state index in [-0.39, 0.29) is 23.8 Å². The second kappa shape index (κ2) is 8.42. The highest BCUT2D eigenvalue weighted by Gasteiger charge is 2.14. The highest BCUT2D eigenvalue weighted by atomic mass is 16.5. The van der Waals surface area contributed by atoms with E-state index in [0.717, 1.165) is 5.75 Å². The van der Waals surface area contributed by atoms with Crippen LogP contribution in [0, 0.1) is 0 Å². The number of amides is 1. The Morgan fingerprint density at radius 1 is 1.10 bits per heavy atom. The first kappa shape index (κ1) is 17.2. The van der Waals surface area contributed by atoms with Gasteiger partial charge >= 0.3 is 0 Å². The molecule has 0 saturated heterocycles. The molecule has 21 heavy (non-hydrogen) atoms. The van der Waals surface area contributed by atoms with E-state index in [2.05, 4.69) is 10.6 Å². The number of ether oxygens (including phenoxy) is 1. The van der Waals surface area contributed by atoms with Gasteiger partial charge in [0.05, 0.1) is 12.1 Å². The first-order chi connectivity index (χ1) is 9.90. The molecule has 5 nitrogen and oxygen atoms in total. The number of nitrogens with one attached hydrogen (secondary N) is 2. The zero-order valence-corrected chi connectivity index (χ0v) is 13.1. The summed E-state index contributed by atoms with van der Waals surface area (Å²) in [5, 5.41) is 5.76. The summed E-state index contributed by atoms with van der Waals surface area (Å²) in [7, 11) is 0. The second-order valence-electron chi connectivity index (χ2n) is 5.21. The van der Waals surface area contributed by atoms with Gasteiger partial charge < -0.3 is 15.4 Å². The molecule has 0 radical (unpaired) electrons. The largest absolute Gasteiger partial charge is 0.491 e. The number of Topliss-reactive ketones (excluding diaryl/α,β-unsaturated/α-hetero) is 1. The maximum absolute atomic E-state index is 12.2. The third-order valence-corrected chi connectivity index (χ3v) is 2.85. The van der Waals surface area contributed by atoms with Gasteiger partial charge in [-0.3, -0.25) is 9.59 Å². The smallest absolute Gasteiger partial charge is 0.216 e. The molecule has 0 saturated carbocycles. The zero-order valence-electron chi connectivity index (χ0n) is 13.1. The maximum Gasteiger partial charge on any atom is 0.216 e. The fraction of sp³-hybridized carbons (Fsp3) is 0.500. The van der Waals surface area contributed by atoms with Crippen LogP contribution in [0.2, 0.25) is 0 Å². The van der Waals surface area contributed by atoms with Crippen LogP contribution >= 0.6 is 0 Å². The van der Waals surface area contributed by atoms with Gasteiger partial charge in [-0.15, -0.1) is 0 Å². The van der Waals surface area contributed by atoms with Crippen molar-refractivity contribution in [2.24, 2.45) is 0 Å². The molecule has 5 heteroatoms. The number of carbonyl (C=O) groups is 2. The lowest BCUT2D eigenvalue weighted by molar-refractivity contribution is -0.118. The third kappa shape index (κ3) is 6.40. The Balaban J connectivity index is 2.48. The molecule has 2 N–H and O–H groups in total. The van der Waals surface area contributed by atoms with Crippen molar-refractivity contribution in [1.29, 1.82) is 0 Å². The number of benzene rings is 1. The summed E-state index contributed by atoms with van der Waals surface area (Å²) in [6.07, 6.45) is 0.112. The topological polar surface area (TPSA) is 67.4 Å². The molecule has 116 valence electrons. The minimum absolute atomic E-state index is 0.0221. The van der Waals surface area contributed by atoms with Crippen molar-refractivity contribution in [3.63, 3.8) is 0 Å². The van der Waals surface area contributed by atoms with Crippen molar-refractivity contribution in [3.8, 4) is 5.75 Å². The highest BCUT2D eigenvalue weighted by Crippen LogP contribution is 2.14. The van der Waals surface area contributed by atoms with Crippen LogP contribution in [-0.4, -0.2) is 36.9 Å². The first-order valence-electron chi connectivity index (χ1n) is 7.19. The SMILES string of the molecule is CC(=O)NCCNC(C)C(=O)c1ccc(OC(C)C)cc1. The molecular weight excluding hydrogens is 268 g/mol. The van der Waals surface area contributed by atoms with Crippen molar-refractivity contribution < 1.29 is 14.3 Å². The summed E-state index contributed by atoms with van der Waals surface area (Å²) < 4.78 is 5.54. The van der Waals surface area contributed by atoms with Gasteiger partial charge in [-0.05, 0) is 45.0 Å². The van der Waals surface area contributed by atoms with Crippen LogP contribution in [0.25, 0.3) is 0 Å². The first-order valence-corrected chi connectivity index (χ1v) is 7.19. The highest BCUT2D eigenvalue weighted by molar-refractivity contribution is 5.99. The van der Waals surface area contributed by atoms with E-state index in [1.54, 1.807) is 24.3 Å². The fourth-order valence-electron chi connectivity index (χ4n) is 1.84. The predicted molar refractivity (Wildman–Crippen MR) is 82.7 cm³/mol. The summed E-state index contributed by atoms with van der Waals surface area (Å²) in [5.41, 5.74) is 0.644. The number of rotatable bonds is 8. The van der Waals surface area contributed by atoms with E-state index in [4.69, 9.17) is 4.74 Å². The predicted octanol–water partition coefficient (Wildman–Crippen LogP) is 1.77. The maximum atomic E-state index is 12.2. The molecule has 0 aliphatic heterocycles. The molecule has 0 bridgehead atoms. The Bertz CT molecular complexity index is 469. The summed E-state index contributed by atoms with van der Waals surface area (Å²) in [4.78, 5) is 22.9. The van der Waals surface area contributed by atoms with Crippen molar-refractivity contribution in [2.75, 3.05) is 13.1 Å². The lowest BCUT2D eigenvalue weighted by atomic mass is 10.1. The van der Waals surface area contributed by atoms with Gasteiger partial charge in [-0.1, -0.05) is 0 Å². The molecule has 0 fully saturated rings. The average Bonchev–Trinajstić information content (AvgIpc) is 2.42. The van der Waals surface area contributed by atoms with Gasteiger partial charge in [0.2, 0.25) is 5.91 Å². The number of hydrogen-bond donors (Lipinski definition) is 2. The Hall–Kier alpha value is -1.88. The molecule has 1 aromatic carbocycles. The van der Waals surface area contributed by atoms with E-state index >= 15 is 0 Å². The summed E-state index contributed by atoms with van der Waals surface area (Å²) in [6.45, 7) is 8.26. The molecule has 0 heterocycles. The minimum atomic E-state index is -0.296. The van der Waals surface area contributed by atoms with Crippen molar-refractivity contribution in [3.05, 3.63) is 29.8 Å². The Kier molecular flexibility index (Phi) is 6.88. The molecule has 1 atom stereocenters. The van der Waals surface area contributed by atoms with Gasteiger partial charge in [0.1, 0.15) is 5.75 Å². The van der Waals surface area contributed by atoms with Crippen LogP contribution in [0.4, 0.5) is 0 Å². The quantitative estimate of drug-likeness (QED) is 0.566. The van der Waals surface area contributed by atoms with Crippen LogP contribution < -0.4 is 15.4 Å². The molecule has 1 rings (SSSR count). The normalized spacial score (nSPS) is 12.0. The molecular formula is C16H24N2O3. The van der Waals surface area contributed by atoms with Gasteiger partial charge in [0, 0.05) is 25.6 Å². The second-order valence-corrected chi connectivity index (χ2v) is 5.21. The monoisotopic (exact) mass is 292 g/mol. The summed E-state index contributed by atoms with van der Waals surface area (Å²) >= 11 is 0. The third-order valence-electron chi connectivity index (χ3n) is 2.85. The molecule has 1 aromatic rings. The standard InChI is InChI=1S/C16H24N2O3/c1-11(2)21-15-7-5-14(6-8-15)16(20)12(3)17-9-10-18-13(4)19/h5-8,11-12,17H,9-10H2,1-4H3,(H,18,19). The molecule has 0 aromatic heterocycles. The number of ketones is 1. The van der Waals surface area contributed by atoms with Gasteiger partial charge in [0.25, 0.3) is 0 Å². The Morgan fingerprint density at radius 2 is 1.71 bits per heavy atom. The zero-order chi connectivity index (χ0) is 15.8. The molecule has 0 aliphatic carbocycles. The number of carbonyl (C=O) groups excluding carboxylic acids is 2. The van der Waals surface area contributed by atoms with Gasteiger partial charge in [-0.25, -0.2) is 0 Å². The van der Waals surface area contributed by atoms with Crippen LogP contribution in [0.5, 0.6) is 5.75 Å². The lowest BCUT2D eigenvalue weighted by Gasteiger charge is -2.14. The molecule has 1 unspecified atom stereocenters. The van der Waals surface area contributed by atoms with E-state index in [1.807, 2.05) is 20.8 Å². The molecule has 1 amide bonds. The number of hydrogen-bond acceptors (Lipinski definition) is 4. The van der Waals surface area contributed by atoms with Gasteiger partial charge in [0.15, 0.2) is 5.78 Å². The van der Waals surface area contributed by atoms with E-state index in [9.17, 15) is 9.59 Å². The van der Waals surface area contributed by atoms with Crippen molar-refractivity contribution >= 4 is 11.7 Å². The summed E-state index contributed by atoms with van der Waals surface area (Å²) in [5.74, 6) is 0.707. The van der Waals surface area contributed by atoms with E-state index in [1.165, 1.54) is 6.92 Å². The van der Waals surface area contributed by atoms with Crippen LogP contribution in [0.15, 0.2) is 24.3 Å². The van der Waals surface area contributed by atoms with Crippen LogP contribution in [-0.2, 0) is 4.79 Å². The minimum Gasteiger partial charge on any atom is -0.491 e. The van der Waals surface area contributed by atoms with E-state index < -0.39 is 0 Å². The van der Waals surface area contributed by atoms with Crippen LogP contribution in [0.3, 0.4) is 0 Å². The summed E-state index contributed by atoms with van der Waals surface area (Å²) in [6, 6.07) is 6.85. The molecule has 0 spiro atoms. The van der Waals surface area contributed by atoms with Crippen LogP contribution in [0.1, 0.15) is 38.1 Å². The van der Waals surface area contributed by atoms with E-state index in [0.29, 0.717) is 18.7 Å². The van der Waals surface area contributed by atoms with Crippen molar-refractivity contribution in [2.45, 2.75) is 39.8 Å². The fourth-order valence-corrected chi connectivity index (χ4v) is 1.84. The Labute approximate surface area is 126 Å².